The molecule has 0 bridgehead atoms. The molecule has 1 heterocycles. The third-order valence-corrected chi connectivity index (χ3v) is 8.59. The van der Waals surface area contributed by atoms with Crippen molar-refractivity contribution in [1.29, 1.82) is 0 Å². The van der Waals surface area contributed by atoms with Gasteiger partial charge >= 0.3 is 12.1 Å². The van der Waals surface area contributed by atoms with Gasteiger partial charge < -0.3 is 20.1 Å². The number of benzene rings is 2. The molecule has 178 valence electrons. The lowest BCUT2D eigenvalue weighted by atomic mass is 9.79. The number of thioether (sulfide) groups is 1. The van der Waals surface area contributed by atoms with Crippen LogP contribution in [0.3, 0.4) is 0 Å². The molecule has 2 aromatic rings. The van der Waals surface area contributed by atoms with Crippen molar-refractivity contribution in [1.82, 2.24) is 10.2 Å². The molecule has 2 amide bonds. The number of nitrogens with one attached hydrogen (secondary N) is 1. The smallest absolute Gasteiger partial charge is 0.407 e. The molecule has 5 rings (SSSR count). The number of carboxylic acids is 1. The number of nitrogens with zero attached hydrogens (tertiary/aromatic N) is 1. The highest BCUT2D eigenvalue weighted by atomic mass is 32.2. The molecule has 2 N–H and O–H groups in total. The first-order valence-corrected chi connectivity index (χ1v) is 12.8. The van der Waals surface area contributed by atoms with Gasteiger partial charge in [0, 0.05) is 23.6 Å². The number of alkyl carbamates (subject to hydrolysis) is 1. The zero-order valence-electron chi connectivity index (χ0n) is 19.0. The molecule has 1 aliphatic heterocycles. The van der Waals surface area contributed by atoms with E-state index in [0.717, 1.165) is 11.1 Å². The largest absolute Gasteiger partial charge is 0.480 e. The predicted molar refractivity (Wildman–Crippen MR) is 130 cm³/mol. The summed E-state index contributed by atoms with van der Waals surface area (Å²) >= 11 is 1.52. The van der Waals surface area contributed by atoms with E-state index in [1.54, 1.807) is 4.90 Å². The number of carboxylic acid groups (broad SMARTS) is 1. The summed E-state index contributed by atoms with van der Waals surface area (Å²) in [6, 6.07) is 15.5. The lowest BCUT2D eigenvalue weighted by Crippen LogP contribution is -2.54. The number of rotatable bonds is 6. The van der Waals surface area contributed by atoms with Gasteiger partial charge in [-0.3, -0.25) is 4.79 Å². The van der Waals surface area contributed by atoms with Crippen LogP contribution < -0.4 is 5.32 Å². The maximum absolute atomic E-state index is 13.0. The fraction of sp³-hybridized carbons (Fsp3) is 0.423. The van der Waals surface area contributed by atoms with Gasteiger partial charge in [-0.15, -0.1) is 11.8 Å². The van der Waals surface area contributed by atoms with E-state index in [2.05, 4.69) is 29.6 Å². The minimum atomic E-state index is -0.954. The van der Waals surface area contributed by atoms with E-state index < -0.39 is 18.1 Å². The van der Waals surface area contributed by atoms with E-state index in [1.807, 2.05) is 31.2 Å². The molecule has 3 aliphatic rings. The summed E-state index contributed by atoms with van der Waals surface area (Å²) in [5.74, 6) is -0.901. The molecule has 8 heteroatoms. The molecule has 2 aromatic carbocycles. The van der Waals surface area contributed by atoms with Crippen molar-refractivity contribution in [2.75, 3.05) is 12.4 Å². The number of aliphatic carboxylic acids is 1. The Labute approximate surface area is 202 Å². The average molecular weight is 481 g/mol. The van der Waals surface area contributed by atoms with Gasteiger partial charge in [0.05, 0.1) is 5.37 Å². The van der Waals surface area contributed by atoms with Crippen molar-refractivity contribution in [3.05, 3.63) is 59.7 Å². The summed E-state index contributed by atoms with van der Waals surface area (Å²) in [4.78, 5) is 38.6. The monoisotopic (exact) mass is 480 g/mol. The van der Waals surface area contributed by atoms with E-state index in [1.165, 1.54) is 22.9 Å². The number of carbonyl (C=O) groups is 3. The topological polar surface area (TPSA) is 95.9 Å². The van der Waals surface area contributed by atoms with Crippen LogP contribution in [0.1, 0.15) is 43.2 Å². The zero-order valence-corrected chi connectivity index (χ0v) is 19.8. The Hall–Kier alpha value is -3.00. The Balaban J connectivity index is 1.14. The Morgan fingerprint density at radius 1 is 1.06 bits per heavy atom. The van der Waals surface area contributed by atoms with Gasteiger partial charge in [-0.25, -0.2) is 9.59 Å². The zero-order chi connectivity index (χ0) is 23.8. The Morgan fingerprint density at radius 2 is 1.68 bits per heavy atom. The number of fused-ring (bicyclic) bond motifs is 3. The fourth-order valence-electron chi connectivity index (χ4n) is 5.32. The Bertz CT molecular complexity index is 1070. The second-order valence-electron chi connectivity index (χ2n) is 9.13. The number of hydrogen-bond acceptors (Lipinski definition) is 5. The average Bonchev–Trinajstić information content (AvgIpc) is 3.39. The maximum atomic E-state index is 13.0. The van der Waals surface area contributed by atoms with E-state index in [4.69, 9.17) is 4.74 Å². The van der Waals surface area contributed by atoms with Gasteiger partial charge in [-0.2, -0.15) is 0 Å². The summed E-state index contributed by atoms with van der Waals surface area (Å²) in [6.45, 7) is 2.21. The molecule has 2 atom stereocenters. The molecule has 2 aliphatic carbocycles. The van der Waals surface area contributed by atoms with E-state index in [9.17, 15) is 19.5 Å². The molecule has 1 saturated carbocycles. The van der Waals surface area contributed by atoms with Crippen LogP contribution >= 0.6 is 11.8 Å². The highest BCUT2D eigenvalue weighted by Crippen LogP contribution is 2.44. The van der Waals surface area contributed by atoms with E-state index >= 15 is 0 Å². The Morgan fingerprint density at radius 3 is 2.26 bits per heavy atom. The van der Waals surface area contributed by atoms with Gasteiger partial charge in [-0.1, -0.05) is 55.5 Å². The van der Waals surface area contributed by atoms with Crippen LogP contribution in [-0.2, 0) is 14.3 Å². The van der Waals surface area contributed by atoms with Crippen molar-refractivity contribution in [3.8, 4) is 11.1 Å². The van der Waals surface area contributed by atoms with Gasteiger partial charge in [0.1, 0.15) is 12.6 Å². The predicted octanol–water partition coefficient (Wildman–Crippen LogP) is 4.07. The summed E-state index contributed by atoms with van der Waals surface area (Å²) in [7, 11) is 0. The molecule has 0 aromatic heterocycles. The van der Waals surface area contributed by atoms with Crippen molar-refractivity contribution >= 4 is 29.7 Å². The van der Waals surface area contributed by atoms with Gasteiger partial charge in [0.25, 0.3) is 0 Å². The molecular weight excluding hydrogens is 452 g/mol. The molecule has 1 saturated heterocycles. The normalized spacial score (nSPS) is 25.3. The van der Waals surface area contributed by atoms with Crippen LogP contribution in [0.5, 0.6) is 0 Å². The number of ether oxygens (including phenoxy) is 1. The highest BCUT2D eigenvalue weighted by molar-refractivity contribution is 8.00. The molecule has 34 heavy (non-hydrogen) atoms. The van der Waals surface area contributed by atoms with Crippen LogP contribution in [0.4, 0.5) is 4.79 Å². The van der Waals surface area contributed by atoms with E-state index in [0.29, 0.717) is 25.0 Å². The van der Waals surface area contributed by atoms with Gasteiger partial charge in [-0.05, 0) is 41.5 Å². The minimum Gasteiger partial charge on any atom is -0.480 e. The van der Waals surface area contributed by atoms with Crippen molar-refractivity contribution in [3.63, 3.8) is 0 Å². The number of carbonyl (C=O) groups excluding carboxylic acids is 2. The second kappa shape index (κ2) is 9.33. The first-order valence-electron chi connectivity index (χ1n) is 11.8. The maximum Gasteiger partial charge on any atom is 0.407 e. The fourth-order valence-corrected chi connectivity index (χ4v) is 6.67. The summed E-state index contributed by atoms with van der Waals surface area (Å²) in [6.07, 6.45) is 1.25. The van der Waals surface area contributed by atoms with Crippen LogP contribution in [0.25, 0.3) is 11.1 Å². The van der Waals surface area contributed by atoms with Crippen molar-refractivity contribution < 1.29 is 24.2 Å². The summed E-state index contributed by atoms with van der Waals surface area (Å²) in [5.41, 5.74) is 4.68. The SMILES string of the molecule is CCC1SCC(C(=O)O)N1C(=O)C1CC(NC(=O)OCC2c3ccccc3-c3ccccc32)C1. The first-order chi connectivity index (χ1) is 16.5. The molecular formula is C26H28N2O5S. The lowest BCUT2D eigenvalue weighted by molar-refractivity contribution is -0.152. The third kappa shape index (κ3) is 4.04. The minimum absolute atomic E-state index is 0.000428. The molecule has 7 nitrogen and oxygen atoms in total. The lowest BCUT2D eigenvalue weighted by Gasteiger charge is -2.39. The molecule has 0 spiro atoms. The quantitative estimate of drug-likeness (QED) is 0.647. The highest BCUT2D eigenvalue weighted by Gasteiger charge is 2.46. The van der Waals surface area contributed by atoms with Crippen molar-refractivity contribution in [2.45, 2.75) is 49.6 Å². The van der Waals surface area contributed by atoms with Crippen LogP contribution in [0.15, 0.2) is 48.5 Å². The standard InChI is InChI=1S/C26H28N2O5S/c1-2-23-28(22(14-34-23)25(30)31)24(29)15-11-16(12-15)27-26(32)33-13-21-19-9-5-3-7-17(19)18-8-4-6-10-20(18)21/h3-10,15-16,21-23H,2,11-14H2,1H3,(H,27,32)(H,30,31). The van der Waals surface area contributed by atoms with E-state index in [-0.39, 0.29) is 35.8 Å². The summed E-state index contributed by atoms with van der Waals surface area (Å²) < 4.78 is 5.60. The van der Waals surface area contributed by atoms with Crippen LogP contribution in [0.2, 0.25) is 0 Å². The second-order valence-corrected chi connectivity index (χ2v) is 10.3. The number of hydrogen-bond donors (Lipinski definition) is 2. The number of amides is 2. The summed E-state index contributed by atoms with van der Waals surface area (Å²) in [5, 5.41) is 12.3. The van der Waals surface area contributed by atoms with Crippen molar-refractivity contribution in [2.24, 2.45) is 5.92 Å². The first kappa shape index (κ1) is 22.8. The third-order valence-electron chi connectivity index (χ3n) is 7.13. The van der Waals surface area contributed by atoms with Crippen LogP contribution in [-0.4, -0.2) is 57.8 Å². The molecule has 2 fully saturated rings. The van der Waals surface area contributed by atoms with Crippen LogP contribution in [0, 0.1) is 5.92 Å². The van der Waals surface area contributed by atoms with Gasteiger partial charge in [0.15, 0.2) is 0 Å². The molecule has 0 radical (unpaired) electrons. The molecule has 2 unspecified atom stereocenters. The van der Waals surface area contributed by atoms with Gasteiger partial charge in [0.2, 0.25) is 5.91 Å². The Kier molecular flexibility index (Phi) is 6.25.